The van der Waals surface area contributed by atoms with E-state index < -0.39 is 15.9 Å². The van der Waals surface area contributed by atoms with Crippen LogP contribution in [-0.2, 0) is 10.0 Å². The molecule has 1 aromatic carbocycles. The van der Waals surface area contributed by atoms with E-state index in [-0.39, 0.29) is 10.6 Å². The first kappa shape index (κ1) is 15.9. The normalized spacial score (nSPS) is 11.0. The van der Waals surface area contributed by atoms with Crippen LogP contribution in [-0.4, -0.2) is 19.3 Å². The summed E-state index contributed by atoms with van der Waals surface area (Å²) in [6.45, 7) is 0. The first-order valence-corrected chi connectivity index (χ1v) is 8.92. The predicted octanol–water partition coefficient (Wildman–Crippen LogP) is 2.39. The lowest BCUT2D eigenvalue weighted by molar-refractivity contribution is 0.0977. The molecule has 0 saturated carbocycles. The monoisotopic (exact) mass is 359 g/mol. The number of carbonyl (C=O) groups excluding carboxylic acids is 1. The van der Waals surface area contributed by atoms with Crippen LogP contribution in [0.1, 0.15) is 16.1 Å². The number of nitrogens with zero attached hydrogens (tertiary/aromatic N) is 2. The molecule has 0 unspecified atom stereocenters. The molecule has 1 N–H and O–H groups in total. The highest BCUT2D eigenvalue weighted by atomic mass is 32.2. The molecule has 0 aliphatic heterocycles. The van der Waals surface area contributed by atoms with Gasteiger partial charge in [-0.25, -0.2) is 18.1 Å². The summed E-state index contributed by atoms with van der Waals surface area (Å²) in [7, 11) is -4.04. The maximum absolute atomic E-state index is 12.2. The molecule has 0 aliphatic carbocycles. The minimum absolute atomic E-state index is 0.0244. The largest absolute Gasteiger partial charge is 0.462 e. The van der Waals surface area contributed by atoms with Gasteiger partial charge in [0.25, 0.3) is 15.9 Å². The van der Waals surface area contributed by atoms with Gasteiger partial charge < -0.3 is 4.42 Å². The Hall–Kier alpha value is -2.96. The third-order valence-corrected chi connectivity index (χ3v) is 5.19. The molecular weight excluding hydrogens is 350 g/mol. The molecule has 0 spiro atoms. The summed E-state index contributed by atoms with van der Waals surface area (Å²) in [5, 5.41) is 10.6. The lowest BCUT2D eigenvalue weighted by atomic mass is 10.2. The summed E-state index contributed by atoms with van der Waals surface area (Å²) in [6.07, 6.45) is 1.48. The molecule has 24 heavy (non-hydrogen) atoms. The zero-order valence-corrected chi connectivity index (χ0v) is 13.6. The van der Waals surface area contributed by atoms with Crippen LogP contribution in [0.15, 0.2) is 57.4 Å². The second kappa shape index (κ2) is 6.27. The standard InChI is InChI=1S/C15H9N3O4S2/c16-8-10-3-5-11(6-4-10)24(20,21)18-14(19)12-9-23-15(17-12)13-2-1-7-22-13/h1-7,9H,(H,18,19). The van der Waals surface area contributed by atoms with Crippen LogP contribution in [0.4, 0.5) is 0 Å². The van der Waals surface area contributed by atoms with Crippen LogP contribution in [0.25, 0.3) is 10.8 Å². The smallest absolute Gasteiger partial charge is 0.284 e. The van der Waals surface area contributed by atoms with Crippen LogP contribution in [0.3, 0.4) is 0 Å². The SMILES string of the molecule is N#Cc1ccc(S(=O)(=O)NC(=O)c2csc(-c3ccco3)n2)cc1. The van der Waals surface area contributed by atoms with E-state index in [1.807, 2.05) is 10.8 Å². The first-order valence-electron chi connectivity index (χ1n) is 6.56. The van der Waals surface area contributed by atoms with E-state index in [2.05, 4.69) is 4.98 Å². The Bertz CT molecular complexity index is 1010. The molecule has 0 radical (unpaired) electrons. The molecule has 3 aromatic rings. The van der Waals surface area contributed by atoms with E-state index in [1.54, 1.807) is 12.1 Å². The molecule has 0 fully saturated rings. The molecule has 7 nitrogen and oxygen atoms in total. The van der Waals surface area contributed by atoms with E-state index in [4.69, 9.17) is 9.68 Å². The second-order valence-electron chi connectivity index (χ2n) is 4.59. The molecule has 0 bridgehead atoms. The Morgan fingerprint density at radius 2 is 2.00 bits per heavy atom. The molecule has 0 aliphatic rings. The van der Waals surface area contributed by atoms with Crippen molar-refractivity contribution in [1.82, 2.24) is 9.71 Å². The second-order valence-corrected chi connectivity index (χ2v) is 7.13. The number of aromatic nitrogens is 1. The fourth-order valence-electron chi connectivity index (χ4n) is 1.83. The van der Waals surface area contributed by atoms with Crippen molar-refractivity contribution in [1.29, 1.82) is 5.26 Å². The molecule has 3 rings (SSSR count). The minimum Gasteiger partial charge on any atom is -0.462 e. The number of rotatable bonds is 4. The number of furan rings is 1. The Balaban J connectivity index is 1.79. The summed E-state index contributed by atoms with van der Waals surface area (Å²) in [4.78, 5) is 16.1. The third-order valence-electron chi connectivity index (χ3n) is 2.99. The van der Waals surface area contributed by atoms with E-state index in [9.17, 15) is 13.2 Å². The summed E-state index contributed by atoms with van der Waals surface area (Å²) >= 11 is 1.17. The summed E-state index contributed by atoms with van der Waals surface area (Å²) in [6, 6.07) is 10.5. The Labute approximate surface area is 141 Å². The zero-order chi connectivity index (χ0) is 17.2. The number of thiazole rings is 1. The fourth-order valence-corrected chi connectivity index (χ4v) is 3.56. The van der Waals surface area contributed by atoms with Crippen molar-refractivity contribution in [3.8, 4) is 16.8 Å². The number of hydrogen-bond donors (Lipinski definition) is 1. The fraction of sp³-hybridized carbons (Fsp3) is 0. The summed E-state index contributed by atoms with van der Waals surface area (Å²) in [5.74, 6) is -0.345. The van der Waals surface area contributed by atoms with Crippen molar-refractivity contribution in [3.05, 3.63) is 59.3 Å². The lowest BCUT2D eigenvalue weighted by Gasteiger charge is -2.05. The van der Waals surface area contributed by atoms with Crippen molar-refractivity contribution in [3.63, 3.8) is 0 Å². The number of hydrogen-bond acceptors (Lipinski definition) is 7. The van der Waals surface area contributed by atoms with Crippen LogP contribution in [0.2, 0.25) is 0 Å². The summed E-state index contributed by atoms with van der Waals surface area (Å²) in [5.41, 5.74) is 0.298. The van der Waals surface area contributed by atoms with Gasteiger partial charge in [-0.15, -0.1) is 11.3 Å². The van der Waals surface area contributed by atoms with Crippen molar-refractivity contribution in [2.75, 3.05) is 0 Å². The highest BCUT2D eigenvalue weighted by molar-refractivity contribution is 7.90. The summed E-state index contributed by atoms with van der Waals surface area (Å²) < 4.78 is 31.5. The third kappa shape index (κ3) is 3.19. The van der Waals surface area contributed by atoms with E-state index in [0.29, 0.717) is 16.3 Å². The zero-order valence-electron chi connectivity index (χ0n) is 12.0. The van der Waals surface area contributed by atoms with Gasteiger partial charge in [-0.3, -0.25) is 4.79 Å². The Morgan fingerprint density at radius 1 is 1.25 bits per heavy atom. The van der Waals surface area contributed by atoms with Gasteiger partial charge in [0.2, 0.25) is 0 Å². The number of benzene rings is 1. The van der Waals surface area contributed by atoms with Crippen LogP contribution < -0.4 is 4.72 Å². The van der Waals surface area contributed by atoms with Gasteiger partial charge in [-0.1, -0.05) is 0 Å². The van der Waals surface area contributed by atoms with Gasteiger partial charge in [0.15, 0.2) is 10.8 Å². The quantitative estimate of drug-likeness (QED) is 0.765. The van der Waals surface area contributed by atoms with Gasteiger partial charge in [0.05, 0.1) is 22.8 Å². The van der Waals surface area contributed by atoms with Crippen molar-refractivity contribution in [2.24, 2.45) is 0 Å². The topological polar surface area (TPSA) is 113 Å². The first-order chi connectivity index (χ1) is 11.5. The maximum Gasteiger partial charge on any atom is 0.284 e. The molecule has 0 saturated heterocycles. The molecule has 2 heterocycles. The van der Waals surface area contributed by atoms with Crippen molar-refractivity contribution < 1.29 is 17.6 Å². The molecule has 1 amide bonds. The number of nitriles is 1. The molecule has 9 heteroatoms. The number of nitrogens with one attached hydrogen (secondary N) is 1. The van der Waals surface area contributed by atoms with Gasteiger partial charge >= 0.3 is 0 Å². The highest BCUT2D eigenvalue weighted by Gasteiger charge is 2.21. The van der Waals surface area contributed by atoms with Gasteiger partial charge in [0, 0.05) is 5.38 Å². The van der Waals surface area contributed by atoms with Gasteiger partial charge in [-0.2, -0.15) is 5.26 Å². The molecular formula is C15H9N3O4S2. The average Bonchev–Trinajstić information content (AvgIpc) is 3.25. The van der Waals surface area contributed by atoms with Crippen molar-refractivity contribution in [2.45, 2.75) is 4.90 Å². The minimum atomic E-state index is -4.04. The van der Waals surface area contributed by atoms with E-state index in [1.165, 1.54) is 47.2 Å². The highest BCUT2D eigenvalue weighted by Crippen LogP contribution is 2.24. The van der Waals surface area contributed by atoms with E-state index in [0.717, 1.165) is 0 Å². The Morgan fingerprint density at radius 3 is 2.62 bits per heavy atom. The van der Waals surface area contributed by atoms with Crippen molar-refractivity contribution >= 4 is 27.3 Å². The number of sulfonamides is 1. The van der Waals surface area contributed by atoms with E-state index >= 15 is 0 Å². The Kier molecular flexibility index (Phi) is 4.16. The maximum atomic E-state index is 12.2. The number of amides is 1. The van der Waals surface area contributed by atoms with Gasteiger partial charge in [0.1, 0.15) is 5.69 Å². The molecule has 120 valence electrons. The number of carbonyl (C=O) groups is 1. The molecule has 0 atom stereocenters. The lowest BCUT2D eigenvalue weighted by Crippen LogP contribution is -2.30. The van der Waals surface area contributed by atoms with Gasteiger partial charge in [-0.05, 0) is 36.4 Å². The molecule has 2 aromatic heterocycles. The average molecular weight is 359 g/mol. The van der Waals surface area contributed by atoms with Crippen LogP contribution in [0, 0.1) is 11.3 Å². The predicted molar refractivity (Wildman–Crippen MR) is 85.6 cm³/mol. The van der Waals surface area contributed by atoms with Crippen LogP contribution >= 0.6 is 11.3 Å². The van der Waals surface area contributed by atoms with Crippen LogP contribution in [0.5, 0.6) is 0 Å².